The molecule has 1 fully saturated rings. The van der Waals surface area contributed by atoms with E-state index < -0.39 is 5.60 Å². The van der Waals surface area contributed by atoms with E-state index in [4.69, 9.17) is 0 Å². The van der Waals surface area contributed by atoms with E-state index in [9.17, 15) is 5.11 Å². The lowest BCUT2D eigenvalue weighted by Gasteiger charge is -2.52. The highest BCUT2D eigenvalue weighted by atomic mass is 16.3. The molecule has 0 unspecified atom stereocenters. The van der Waals surface area contributed by atoms with E-state index in [0.717, 1.165) is 18.4 Å². The van der Waals surface area contributed by atoms with Crippen molar-refractivity contribution < 1.29 is 5.11 Å². The number of hydrogen-bond donors (Lipinski definition) is 1. The van der Waals surface area contributed by atoms with E-state index in [1.54, 1.807) is 0 Å². The largest absolute Gasteiger partial charge is 0.385 e. The van der Waals surface area contributed by atoms with Crippen LogP contribution in [0.2, 0.25) is 0 Å². The zero-order valence-corrected chi connectivity index (χ0v) is 10.6. The van der Waals surface area contributed by atoms with Crippen LogP contribution in [-0.4, -0.2) is 5.11 Å². The first-order valence-corrected chi connectivity index (χ1v) is 6.46. The highest BCUT2D eigenvalue weighted by Gasteiger charge is 2.52. The molecule has 3 rings (SSSR count). The van der Waals surface area contributed by atoms with E-state index >= 15 is 0 Å². The highest BCUT2D eigenvalue weighted by Crippen LogP contribution is 2.54. The van der Waals surface area contributed by atoms with Crippen molar-refractivity contribution in [3.8, 4) is 0 Å². The van der Waals surface area contributed by atoms with Crippen molar-refractivity contribution in [2.24, 2.45) is 0 Å². The molecule has 0 saturated heterocycles. The Kier molecular flexibility index (Phi) is 2.53. The molecule has 0 aromatic heterocycles. The number of rotatable bonds is 2. The minimum absolute atomic E-state index is 0.103. The summed E-state index contributed by atoms with van der Waals surface area (Å²) >= 11 is 0. The molecular formula is C17H18O. The van der Waals surface area contributed by atoms with Crippen molar-refractivity contribution in [3.63, 3.8) is 0 Å². The fourth-order valence-corrected chi connectivity index (χ4v) is 3.24. The summed E-state index contributed by atoms with van der Waals surface area (Å²) in [5, 5.41) is 10.7. The second kappa shape index (κ2) is 3.96. The molecule has 2 aromatic rings. The van der Waals surface area contributed by atoms with E-state index in [1.807, 2.05) is 36.4 Å². The molecule has 0 bridgehead atoms. The maximum atomic E-state index is 10.7. The summed E-state index contributed by atoms with van der Waals surface area (Å²) in [7, 11) is 0. The third-order valence-corrected chi connectivity index (χ3v) is 4.15. The van der Waals surface area contributed by atoms with E-state index in [1.165, 1.54) is 5.56 Å². The summed E-state index contributed by atoms with van der Waals surface area (Å²) in [5.41, 5.74) is 1.82. The van der Waals surface area contributed by atoms with Crippen LogP contribution in [0, 0.1) is 0 Å². The average Bonchev–Trinajstić information content (AvgIpc) is 2.39. The van der Waals surface area contributed by atoms with Gasteiger partial charge in [0.25, 0.3) is 0 Å². The molecule has 1 aliphatic carbocycles. The molecule has 1 heteroatoms. The Balaban J connectivity index is 1.84. The first kappa shape index (κ1) is 11.5. The maximum absolute atomic E-state index is 10.7. The summed E-state index contributed by atoms with van der Waals surface area (Å²) in [6.45, 7) is 2.24. The van der Waals surface area contributed by atoms with Gasteiger partial charge in [-0.25, -0.2) is 0 Å². The van der Waals surface area contributed by atoms with Crippen LogP contribution < -0.4 is 0 Å². The Bertz CT molecular complexity index is 475. The Morgan fingerprint density at radius 1 is 0.778 bits per heavy atom. The van der Waals surface area contributed by atoms with E-state index in [0.29, 0.717) is 0 Å². The fraction of sp³-hybridized carbons (Fsp3) is 0.294. The Labute approximate surface area is 108 Å². The summed E-state index contributed by atoms with van der Waals surface area (Å²) < 4.78 is 0. The zero-order chi connectivity index (χ0) is 12.6. The quantitative estimate of drug-likeness (QED) is 0.847. The molecule has 2 aromatic carbocycles. The average molecular weight is 238 g/mol. The number of hydrogen-bond acceptors (Lipinski definition) is 1. The van der Waals surface area contributed by atoms with Crippen LogP contribution in [0.25, 0.3) is 0 Å². The predicted octanol–water partition coefficient (Wildman–Crippen LogP) is 3.63. The van der Waals surface area contributed by atoms with Crippen LogP contribution in [-0.2, 0) is 11.0 Å². The first-order valence-electron chi connectivity index (χ1n) is 6.46. The molecule has 0 radical (unpaired) electrons. The van der Waals surface area contributed by atoms with Crippen LogP contribution in [0.15, 0.2) is 60.7 Å². The topological polar surface area (TPSA) is 20.2 Å². The van der Waals surface area contributed by atoms with E-state index in [2.05, 4.69) is 31.2 Å². The third kappa shape index (κ3) is 1.75. The lowest BCUT2D eigenvalue weighted by atomic mass is 9.55. The van der Waals surface area contributed by atoms with Crippen molar-refractivity contribution >= 4 is 0 Å². The molecule has 0 aliphatic heterocycles. The fourth-order valence-electron chi connectivity index (χ4n) is 3.24. The minimum atomic E-state index is -0.647. The molecule has 92 valence electrons. The molecule has 18 heavy (non-hydrogen) atoms. The number of aliphatic hydroxyl groups is 1. The SMILES string of the molecule is CC1(c2ccccc2)CC(O)(c2ccccc2)C1. The van der Waals surface area contributed by atoms with Gasteiger partial charge in [-0.15, -0.1) is 0 Å². The maximum Gasteiger partial charge on any atom is 0.0913 e. The van der Waals surface area contributed by atoms with Crippen LogP contribution in [0.4, 0.5) is 0 Å². The molecule has 0 atom stereocenters. The van der Waals surface area contributed by atoms with Crippen LogP contribution in [0.1, 0.15) is 30.9 Å². The molecule has 0 heterocycles. The van der Waals surface area contributed by atoms with Gasteiger partial charge in [0.1, 0.15) is 0 Å². The van der Waals surface area contributed by atoms with Gasteiger partial charge in [0.2, 0.25) is 0 Å². The normalized spacial score (nSPS) is 30.8. The summed E-state index contributed by atoms with van der Waals surface area (Å²) in [5.74, 6) is 0. The smallest absolute Gasteiger partial charge is 0.0913 e. The van der Waals surface area contributed by atoms with Gasteiger partial charge in [-0.3, -0.25) is 0 Å². The number of benzene rings is 2. The van der Waals surface area contributed by atoms with Gasteiger partial charge < -0.3 is 5.11 Å². The molecule has 1 saturated carbocycles. The Morgan fingerprint density at radius 3 is 1.72 bits per heavy atom. The van der Waals surface area contributed by atoms with Crippen LogP contribution >= 0.6 is 0 Å². The van der Waals surface area contributed by atoms with Crippen LogP contribution in [0.3, 0.4) is 0 Å². The van der Waals surface area contributed by atoms with Gasteiger partial charge in [-0.05, 0) is 29.4 Å². The van der Waals surface area contributed by atoms with Crippen molar-refractivity contribution in [2.75, 3.05) is 0 Å². The lowest BCUT2D eigenvalue weighted by molar-refractivity contribution is -0.0916. The van der Waals surface area contributed by atoms with E-state index in [-0.39, 0.29) is 5.41 Å². The lowest BCUT2D eigenvalue weighted by Crippen LogP contribution is -2.50. The molecular weight excluding hydrogens is 220 g/mol. The summed E-state index contributed by atoms with van der Waals surface area (Å²) in [6.07, 6.45) is 1.60. The second-order valence-corrected chi connectivity index (χ2v) is 5.68. The van der Waals surface area contributed by atoms with Gasteiger partial charge in [0.05, 0.1) is 5.60 Å². The molecule has 1 aliphatic rings. The molecule has 1 N–H and O–H groups in total. The van der Waals surface area contributed by atoms with Crippen molar-refractivity contribution in [1.29, 1.82) is 0 Å². The van der Waals surface area contributed by atoms with Gasteiger partial charge in [-0.2, -0.15) is 0 Å². The standard InChI is InChI=1S/C17H18O/c1-16(14-8-4-2-5-9-14)12-17(18,13-16)15-10-6-3-7-11-15/h2-11,18H,12-13H2,1H3. The highest BCUT2D eigenvalue weighted by molar-refractivity contribution is 5.35. The van der Waals surface area contributed by atoms with Crippen molar-refractivity contribution in [2.45, 2.75) is 30.8 Å². The molecule has 0 amide bonds. The van der Waals surface area contributed by atoms with Gasteiger partial charge in [0, 0.05) is 0 Å². The van der Waals surface area contributed by atoms with Crippen LogP contribution in [0.5, 0.6) is 0 Å². The Hall–Kier alpha value is -1.60. The molecule has 1 nitrogen and oxygen atoms in total. The van der Waals surface area contributed by atoms with Gasteiger partial charge >= 0.3 is 0 Å². The monoisotopic (exact) mass is 238 g/mol. The van der Waals surface area contributed by atoms with Crippen molar-refractivity contribution in [3.05, 3.63) is 71.8 Å². The van der Waals surface area contributed by atoms with Crippen molar-refractivity contribution in [1.82, 2.24) is 0 Å². The van der Waals surface area contributed by atoms with Gasteiger partial charge in [0.15, 0.2) is 0 Å². The zero-order valence-electron chi connectivity index (χ0n) is 10.6. The Morgan fingerprint density at radius 2 is 1.22 bits per heavy atom. The second-order valence-electron chi connectivity index (χ2n) is 5.68. The molecule has 0 spiro atoms. The summed E-state index contributed by atoms with van der Waals surface area (Å²) in [4.78, 5) is 0. The minimum Gasteiger partial charge on any atom is -0.385 e. The summed E-state index contributed by atoms with van der Waals surface area (Å²) in [6, 6.07) is 20.5. The van der Waals surface area contributed by atoms with Gasteiger partial charge in [-0.1, -0.05) is 67.6 Å². The third-order valence-electron chi connectivity index (χ3n) is 4.15. The predicted molar refractivity (Wildman–Crippen MR) is 73.4 cm³/mol. The first-order chi connectivity index (χ1) is 8.62.